The minimum Gasteiger partial charge on any atom is -0.365 e. The first kappa shape index (κ1) is 12.4. The fourth-order valence-corrected chi connectivity index (χ4v) is 2.64. The summed E-state index contributed by atoms with van der Waals surface area (Å²) >= 11 is 6.20. The molecule has 4 nitrogen and oxygen atoms in total. The molecule has 1 aliphatic rings. The van der Waals surface area contributed by atoms with Crippen molar-refractivity contribution in [2.75, 3.05) is 11.9 Å². The van der Waals surface area contributed by atoms with Crippen LogP contribution in [0.5, 0.6) is 0 Å². The van der Waals surface area contributed by atoms with Gasteiger partial charge in [0.1, 0.15) is 0 Å². The zero-order chi connectivity index (χ0) is 12.3. The van der Waals surface area contributed by atoms with E-state index in [-0.39, 0.29) is 10.9 Å². The number of nitrogens with one attached hydrogen (secondary N) is 1. The molecular weight excluding hydrogens is 238 g/mol. The Morgan fingerprint density at radius 1 is 1.59 bits per heavy atom. The van der Waals surface area contributed by atoms with Crippen LogP contribution in [0.25, 0.3) is 0 Å². The van der Waals surface area contributed by atoms with E-state index in [1.165, 1.54) is 6.42 Å². The van der Waals surface area contributed by atoms with Gasteiger partial charge in [0, 0.05) is 30.9 Å². The first-order valence-corrected chi connectivity index (χ1v) is 6.59. The molecule has 2 unspecified atom stereocenters. The molecule has 2 atom stereocenters. The molecule has 1 aromatic rings. The summed E-state index contributed by atoms with van der Waals surface area (Å²) in [6.07, 6.45) is 6.75. The first-order chi connectivity index (χ1) is 8.22. The van der Waals surface area contributed by atoms with Gasteiger partial charge in [-0.1, -0.05) is 6.42 Å². The summed E-state index contributed by atoms with van der Waals surface area (Å²) in [4.78, 5) is 16.0. The van der Waals surface area contributed by atoms with Crippen molar-refractivity contribution in [3.63, 3.8) is 0 Å². The molecule has 0 aliphatic heterocycles. The molecule has 1 aromatic heterocycles. The molecule has 1 aliphatic carbocycles. The van der Waals surface area contributed by atoms with Gasteiger partial charge < -0.3 is 9.88 Å². The van der Waals surface area contributed by atoms with E-state index in [0.717, 1.165) is 19.4 Å². The van der Waals surface area contributed by atoms with Crippen molar-refractivity contribution < 1.29 is 0 Å². The van der Waals surface area contributed by atoms with Crippen molar-refractivity contribution >= 4 is 17.4 Å². The predicted molar refractivity (Wildman–Crippen MR) is 69.6 cm³/mol. The maximum Gasteiger partial charge on any atom is 0.293 e. The lowest BCUT2D eigenvalue weighted by Gasteiger charge is -2.14. The minimum absolute atomic E-state index is 0.0564. The van der Waals surface area contributed by atoms with Gasteiger partial charge in [-0.25, -0.2) is 4.98 Å². The highest BCUT2D eigenvalue weighted by Gasteiger charge is 2.25. The summed E-state index contributed by atoms with van der Waals surface area (Å²) in [5.74, 6) is 0.887. The lowest BCUT2D eigenvalue weighted by atomic mass is 10.1. The van der Waals surface area contributed by atoms with Crippen LogP contribution in [0.2, 0.25) is 0 Å². The monoisotopic (exact) mass is 255 g/mol. The van der Waals surface area contributed by atoms with Crippen molar-refractivity contribution in [3.05, 3.63) is 22.7 Å². The van der Waals surface area contributed by atoms with E-state index in [0.29, 0.717) is 18.3 Å². The van der Waals surface area contributed by atoms with Crippen LogP contribution in [-0.2, 0) is 6.54 Å². The van der Waals surface area contributed by atoms with Crippen molar-refractivity contribution in [2.45, 2.75) is 38.1 Å². The topological polar surface area (TPSA) is 46.9 Å². The normalized spacial score (nSPS) is 23.9. The highest BCUT2D eigenvalue weighted by molar-refractivity contribution is 6.20. The van der Waals surface area contributed by atoms with Gasteiger partial charge in [0.25, 0.3) is 5.56 Å². The second-order valence-electron chi connectivity index (χ2n) is 4.45. The number of rotatable bonds is 4. The highest BCUT2D eigenvalue weighted by Crippen LogP contribution is 2.29. The fourth-order valence-electron chi connectivity index (χ4n) is 2.27. The van der Waals surface area contributed by atoms with Gasteiger partial charge in [-0.05, 0) is 25.7 Å². The molecular formula is C12H18ClN3O. The molecule has 2 rings (SSSR count). The molecule has 17 heavy (non-hydrogen) atoms. The number of hydrogen-bond acceptors (Lipinski definition) is 3. The summed E-state index contributed by atoms with van der Waals surface area (Å²) in [6, 6.07) is 0. The molecule has 94 valence electrons. The molecule has 0 saturated heterocycles. The Morgan fingerprint density at radius 3 is 3.06 bits per heavy atom. The SMILES string of the molecule is CCn1ccnc(NCC2CCCC2Cl)c1=O. The van der Waals surface area contributed by atoms with E-state index in [1.54, 1.807) is 17.0 Å². The van der Waals surface area contributed by atoms with E-state index in [1.807, 2.05) is 6.92 Å². The third-order valence-electron chi connectivity index (χ3n) is 3.35. The number of nitrogens with zero attached hydrogens (tertiary/aromatic N) is 2. The van der Waals surface area contributed by atoms with Gasteiger partial charge in [0.05, 0.1) is 0 Å². The fraction of sp³-hybridized carbons (Fsp3) is 0.667. The molecule has 5 heteroatoms. The highest BCUT2D eigenvalue weighted by atomic mass is 35.5. The maximum absolute atomic E-state index is 11.9. The van der Waals surface area contributed by atoms with Gasteiger partial charge in [-0.15, -0.1) is 11.6 Å². The van der Waals surface area contributed by atoms with E-state index in [2.05, 4.69) is 10.3 Å². The van der Waals surface area contributed by atoms with Crippen molar-refractivity contribution in [2.24, 2.45) is 5.92 Å². The summed E-state index contributed by atoms with van der Waals surface area (Å²) in [5, 5.41) is 3.37. The quantitative estimate of drug-likeness (QED) is 0.838. The van der Waals surface area contributed by atoms with E-state index in [9.17, 15) is 4.79 Å². The van der Waals surface area contributed by atoms with Crippen LogP contribution < -0.4 is 10.9 Å². The average molecular weight is 256 g/mol. The van der Waals surface area contributed by atoms with Crippen LogP contribution in [-0.4, -0.2) is 21.5 Å². The van der Waals surface area contributed by atoms with E-state index in [4.69, 9.17) is 11.6 Å². The van der Waals surface area contributed by atoms with Crippen LogP contribution in [0.15, 0.2) is 17.2 Å². The Labute approximate surface area is 106 Å². The Kier molecular flexibility index (Phi) is 4.05. The Balaban J connectivity index is 2.01. The molecule has 0 bridgehead atoms. The van der Waals surface area contributed by atoms with Gasteiger partial charge in [-0.3, -0.25) is 4.79 Å². The van der Waals surface area contributed by atoms with Crippen LogP contribution in [0, 0.1) is 5.92 Å². The molecule has 0 aromatic carbocycles. The zero-order valence-electron chi connectivity index (χ0n) is 10.0. The Morgan fingerprint density at radius 2 is 2.41 bits per heavy atom. The zero-order valence-corrected chi connectivity index (χ0v) is 10.8. The molecule has 1 saturated carbocycles. The molecule has 0 amide bonds. The second-order valence-corrected chi connectivity index (χ2v) is 5.02. The minimum atomic E-state index is -0.0564. The summed E-state index contributed by atoms with van der Waals surface area (Å²) < 4.78 is 1.64. The van der Waals surface area contributed by atoms with Gasteiger partial charge >= 0.3 is 0 Å². The molecule has 0 radical (unpaired) electrons. The van der Waals surface area contributed by atoms with Crippen LogP contribution in [0.4, 0.5) is 5.82 Å². The third-order valence-corrected chi connectivity index (χ3v) is 3.93. The lowest BCUT2D eigenvalue weighted by molar-refractivity contribution is 0.583. The Hall–Kier alpha value is -1.03. The number of alkyl halides is 1. The number of hydrogen-bond donors (Lipinski definition) is 1. The maximum atomic E-state index is 11.9. The van der Waals surface area contributed by atoms with Crippen LogP contribution in [0.1, 0.15) is 26.2 Å². The Bertz CT molecular complexity index is 432. The number of anilines is 1. The number of aromatic nitrogens is 2. The predicted octanol–water partition coefficient (Wildman–Crippen LogP) is 2.08. The number of aryl methyl sites for hydroxylation is 1. The van der Waals surface area contributed by atoms with Crippen LogP contribution >= 0.6 is 11.6 Å². The van der Waals surface area contributed by atoms with Gasteiger partial charge in [0.15, 0.2) is 5.82 Å². The standard InChI is InChI=1S/C12H18ClN3O/c1-2-16-7-6-14-11(12(16)17)15-8-9-4-3-5-10(9)13/h6-7,9-10H,2-5,8H2,1H3,(H,14,15). The molecule has 1 heterocycles. The summed E-state index contributed by atoms with van der Waals surface area (Å²) in [5.41, 5.74) is -0.0564. The van der Waals surface area contributed by atoms with Crippen molar-refractivity contribution in [3.8, 4) is 0 Å². The molecule has 1 N–H and O–H groups in total. The largest absolute Gasteiger partial charge is 0.365 e. The van der Waals surface area contributed by atoms with Gasteiger partial charge in [0.2, 0.25) is 0 Å². The molecule has 1 fully saturated rings. The summed E-state index contributed by atoms with van der Waals surface area (Å²) in [7, 11) is 0. The first-order valence-electron chi connectivity index (χ1n) is 6.15. The summed E-state index contributed by atoms with van der Waals surface area (Å²) in [6.45, 7) is 3.35. The lowest BCUT2D eigenvalue weighted by Crippen LogP contribution is -2.27. The van der Waals surface area contributed by atoms with E-state index < -0.39 is 0 Å². The van der Waals surface area contributed by atoms with Crippen LogP contribution in [0.3, 0.4) is 0 Å². The third kappa shape index (κ3) is 2.80. The second kappa shape index (κ2) is 5.54. The molecule has 0 spiro atoms. The van der Waals surface area contributed by atoms with Gasteiger partial charge in [-0.2, -0.15) is 0 Å². The van der Waals surface area contributed by atoms with Crippen molar-refractivity contribution in [1.82, 2.24) is 9.55 Å². The van der Waals surface area contributed by atoms with E-state index >= 15 is 0 Å². The van der Waals surface area contributed by atoms with Crippen molar-refractivity contribution in [1.29, 1.82) is 0 Å². The smallest absolute Gasteiger partial charge is 0.293 e. The average Bonchev–Trinajstić information content (AvgIpc) is 2.74. The number of halogens is 1.